The van der Waals surface area contributed by atoms with Crippen molar-refractivity contribution >= 4 is 35.1 Å². The number of esters is 1. The van der Waals surface area contributed by atoms with E-state index in [1.807, 2.05) is 35.2 Å². The largest absolute Gasteiger partial charge is 0.467 e. The van der Waals surface area contributed by atoms with E-state index >= 15 is 0 Å². The van der Waals surface area contributed by atoms with Gasteiger partial charge in [0.2, 0.25) is 5.91 Å². The van der Waals surface area contributed by atoms with Crippen molar-refractivity contribution in [3.63, 3.8) is 0 Å². The van der Waals surface area contributed by atoms with Crippen LogP contribution >= 0.6 is 23.2 Å². The summed E-state index contributed by atoms with van der Waals surface area (Å²) in [6.07, 6.45) is 3.34. The summed E-state index contributed by atoms with van der Waals surface area (Å²) in [7, 11) is 1.30. The first-order valence-electron chi connectivity index (χ1n) is 7.57. The first-order valence-corrected chi connectivity index (χ1v) is 8.64. The molecule has 0 spiro atoms. The molecule has 0 saturated carbocycles. The molecule has 1 amide bonds. The number of carbonyl (C=O) groups excluding carboxylic acids is 2. The van der Waals surface area contributed by atoms with E-state index in [1.54, 1.807) is 6.20 Å². The lowest BCUT2D eigenvalue weighted by Crippen LogP contribution is -2.42. The van der Waals surface area contributed by atoms with Gasteiger partial charge in [0.25, 0.3) is 0 Å². The highest BCUT2D eigenvalue weighted by Crippen LogP contribution is 2.05. The molecule has 0 radical (unpaired) electrons. The third-order valence-electron chi connectivity index (χ3n) is 3.27. The molecule has 5 nitrogen and oxygen atoms in total. The number of amides is 1. The quantitative estimate of drug-likeness (QED) is 0.388. The Balaban J connectivity index is 2.68. The normalized spacial score (nSPS) is 12.0. The maximum atomic E-state index is 12.1. The Kier molecular flexibility index (Phi) is 9.96. The van der Waals surface area contributed by atoms with E-state index < -0.39 is 12.0 Å². The molecule has 1 N–H and O–H groups in total. The molecule has 0 heterocycles. The van der Waals surface area contributed by atoms with Gasteiger partial charge in [-0.15, -0.1) is 23.2 Å². The van der Waals surface area contributed by atoms with Gasteiger partial charge in [-0.2, -0.15) is 0 Å². The third-order valence-corrected chi connectivity index (χ3v) is 3.60. The third kappa shape index (κ3) is 7.70. The molecule has 24 heavy (non-hydrogen) atoms. The summed E-state index contributed by atoms with van der Waals surface area (Å²) in [5, 5.41) is 2.66. The average molecular weight is 373 g/mol. The van der Waals surface area contributed by atoms with E-state index in [-0.39, 0.29) is 5.91 Å². The maximum Gasteiger partial charge on any atom is 0.328 e. The second-order valence-corrected chi connectivity index (χ2v) is 5.76. The Morgan fingerprint density at radius 3 is 2.38 bits per heavy atom. The van der Waals surface area contributed by atoms with Crippen LogP contribution in [0.15, 0.2) is 42.6 Å². The number of ether oxygens (including phenoxy) is 1. The van der Waals surface area contributed by atoms with Crippen LogP contribution in [-0.4, -0.2) is 54.8 Å². The molecule has 0 unspecified atom stereocenters. The minimum Gasteiger partial charge on any atom is -0.467 e. The van der Waals surface area contributed by atoms with E-state index in [1.165, 1.54) is 13.2 Å². The van der Waals surface area contributed by atoms with Gasteiger partial charge in [-0.05, 0) is 5.56 Å². The number of carbonyl (C=O) groups is 2. The van der Waals surface area contributed by atoms with Crippen LogP contribution in [0.5, 0.6) is 0 Å². The molecule has 0 bridgehead atoms. The zero-order valence-corrected chi connectivity index (χ0v) is 15.1. The van der Waals surface area contributed by atoms with Gasteiger partial charge in [-0.25, -0.2) is 4.79 Å². The van der Waals surface area contributed by atoms with Crippen LogP contribution in [0.3, 0.4) is 0 Å². The van der Waals surface area contributed by atoms with E-state index in [9.17, 15) is 9.59 Å². The predicted octanol–water partition coefficient (Wildman–Crippen LogP) is 2.18. The second kappa shape index (κ2) is 11.8. The van der Waals surface area contributed by atoms with Gasteiger partial charge in [-0.1, -0.05) is 30.3 Å². The number of hydrogen-bond acceptors (Lipinski definition) is 4. The van der Waals surface area contributed by atoms with Crippen LogP contribution in [0.25, 0.3) is 0 Å². The highest BCUT2D eigenvalue weighted by atomic mass is 35.5. The smallest absolute Gasteiger partial charge is 0.328 e. The summed E-state index contributed by atoms with van der Waals surface area (Å²) in [5.41, 5.74) is 0.933. The van der Waals surface area contributed by atoms with E-state index in [0.717, 1.165) is 5.56 Å². The number of alkyl halides is 2. The number of methoxy groups -OCH3 is 1. The number of rotatable bonds is 10. The van der Waals surface area contributed by atoms with E-state index in [2.05, 4.69) is 5.32 Å². The lowest BCUT2D eigenvalue weighted by atomic mass is 10.1. The van der Waals surface area contributed by atoms with Gasteiger partial charge in [0, 0.05) is 43.5 Å². The summed E-state index contributed by atoms with van der Waals surface area (Å²) in [5.74, 6) is -0.00188. The SMILES string of the molecule is COC(=O)[C@@H](Cc1ccccc1)NC(=O)/C=C/N(CCCl)CCCl. The average Bonchev–Trinajstić information content (AvgIpc) is 2.59. The Hall–Kier alpha value is -1.72. The number of nitrogens with zero attached hydrogens (tertiary/aromatic N) is 1. The Morgan fingerprint density at radius 2 is 1.83 bits per heavy atom. The van der Waals surface area contributed by atoms with Crippen molar-refractivity contribution in [1.82, 2.24) is 10.2 Å². The molecule has 1 aromatic carbocycles. The fourth-order valence-electron chi connectivity index (χ4n) is 2.06. The van der Waals surface area contributed by atoms with Crippen molar-refractivity contribution in [3.8, 4) is 0 Å². The molecule has 0 saturated heterocycles. The van der Waals surface area contributed by atoms with Gasteiger partial charge in [0.05, 0.1) is 7.11 Å². The molecule has 132 valence electrons. The minimum atomic E-state index is -0.746. The van der Waals surface area contributed by atoms with Gasteiger partial charge in [0.1, 0.15) is 6.04 Å². The maximum absolute atomic E-state index is 12.1. The lowest BCUT2D eigenvalue weighted by molar-refractivity contribution is -0.144. The van der Waals surface area contributed by atoms with Crippen molar-refractivity contribution in [1.29, 1.82) is 0 Å². The van der Waals surface area contributed by atoms with Crippen LogP contribution in [0, 0.1) is 0 Å². The van der Waals surface area contributed by atoms with Crippen LogP contribution in [-0.2, 0) is 20.7 Å². The molecule has 7 heteroatoms. The van der Waals surface area contributed by atoms with Gasteiger partial charge < -0.3 is 15.0 Å². The molecule has 1 rings (SSSR count). The zero-order chi connectivity index (χ0) is 17.8. The van der Waals surface area contributed by atoms with Crippen LogP contribution in [0.1, 0.15) is 5.56 Å². The van der Waals surface area contributed by atoms with Gasteiger partial charge >= 0.3 is 5.97 Å². The van der Waals surface area contributed by atoms with Gasteiger partial charge in [0.15, 0.2) is 0 Å². The standard InChI is InChI=1S/C17H22Cl2N2O3/c1-24-17(23)15(13-14-5-3-2-4-6-14)20-16(22)7-10-21(11-8-18)12-9-19/h2-7,10,15H,8-9,11-13H2,1H3,(H,20,22)/b10-7+/t15-/m1/s1. The fraction of sp³-hybridized carbons (Fsp3) is 0.412. The molecule has 0 aromatic heterocycles. The van der Waals surface area contributed by atoms with Crippen LogP contribution in [0.2, 0.25) is 0 Å². The molecular formula is C17H22Cl2N2O3. The Morgan fingerprint density at radius 1 is 1.21 bits per heavy atom. The fourth-order valence-corrected chi connectivity index (χ4v) is 2.49. The Labute approximate surface area is 152 Å². The molecule has 0 fully saturated rings. The van der Waals surface area contributed by atoms with Crippen molar-refractivity contribution < 1.29 is 14.3 Å². The monoisotopic (exact) mass is 372 g/mol. The number of halogens is 2. The van der Waals surface area contributed by atoms with Crippen molar-refractivity contribution in [2.24, 2.45) is 0 Å². The summed E-state index contributed by atoms with van der Waals surface area (Å²) in [6.45, 7) is 1.17. The highest BCUT2D eigenvalue weighted by molar-refractivity contribution is 6.18. The van der Waals surface area contributed by atoms with Crippen molar-refractivity contribution in [2.75, 3.05) is 32.0 Å². The zero-order valence-electron chi connectivity index (χ0n) is 13.6. The second-order valence-electron chi connectivity index (χ2n) is 5.00. The highest BCUT2D eigenvalue weighted by Gasteiger charge is 2.21. The summed E-state index contributed by atoms with van der Waals surface area (Å²) in [6, 6.07) is 8.68. The van der Waals surface area contributed by atoms with E-state index in [4.69, 9.17) is 27.9 Å². The van der Waals surface area contributed by atoms with Crippen molar-refractivity contribution in [3.05, 3.63) is 48.2 Å². The first kappa shape index (κ1) is 20.3. The number of hydrogen-bond donors (Lipinski definition) is 1. The molecular weight excluding hydrogens is 351 g/mol. The summed E-state index contributed by atoms with van der Waals surface area (Å²) >= 11 is 11.4. The number of nitrogens with one attached hydrogen (secondary N) is 1. The van der Waals surface area contributed by atoms with E-state index in [0.29, 0.717) is 31.3 Å². The summed E-state index contributed by atoms with van der Waals surface area (Å²) < 4.78 is 4.77. The Bertz CT molecular complexity index is 532. The minimum absolute atomic E-state index is 0.361. The lowest BCUT2D eigenvalue weighted by Gasteiger charge is -2.18. The van der Waals surface area contributed by atoms with Gasteiger partial charge in [-0.3, -0.25) is 4.79 Å². The molecule has 1 atom stereocenters. The first-order chi connectivity index (χ1) is 11.6. The van der Waals surface area contributed by atoms with Crippen LogP contribution in [0.4, 0.5) is 0 Å². The number of benzene rings is 1. The van der Waals surface area contributed by atoms with Crippen molar-refractivity contribution in [2.45, 2.75) is 12.5 Å². The predicted molar refractivity (Wildman–Crippen MR) is 96.2 cm³/mol. The molecule has 0 aliphatic rings. The molecule has 1 aromatic rings. The summed E-state index contributed by atoms with van der Waals surface area (Å²) in [4.78, 5) is 25.8. The molecule has 0 aliphatic heterocycles. The topological polar surface area (TPSA) is 58.6 Å². The van der Waals surface area contributed by atoms with Crippen LogP contribution < -0.4 is 5.32 Å². The molecule has 0 aliphatic carbocycles.